The Morgan fingerprint density at radius 1 is 1.46 bits per heavy atom. The van der Waals surface area contributed by atoms with Gasteiger partial charge in [0.25, 0.3) is 5.91 Å². The second-order valence-corrected chi connectivity index (χ2v) is 6.72. The summed E-state index contributed by atoms with van der Waals surface area (Å²) in [5.41, 5.74) is 0.798. The highest BCUT2D eigenvalue weighted by Crippen LogP contribution is 2.23. The summed E-state index contributed by atoms with van der Waals surface area (Å²) in [6.07, 6.45) is 1.74. The minimum absolute atomic E-state index is 0.136. The lowest BCUT2D eigenvalue weighted by Gasteiger charge is -2.24. The number of carbonyl (C=O) groups is 2. The molecule has 2 aromatic rings. The van der Waals surface area contributed by atoms with Gasteiger partial charge in [-0.05, 0) is 30.5 Å². The van der Waals surface area contributed by atoms with Crippen molar-refractivity contribution in [1.82, 2.24) is 14.8 Å². The highest BCUT2D eigenvalue weighted by Gasteiger charge is 2.33. The highest BCUT2D eigenvalue weighted by molar-refractivity contribution is 6.06. The maximum Gasteiger partial charge on any atom is 0.254 e. The molecule has 26 heavy (non-hydrogen) atoms. The Bertz CT molecular complexity index is 908. The van der Waals surface area contributed by atoms with E-state index in [4.69, 9.17) is 0 Å². The molecule has 0 aliphatic carbocycles. The lowest BCUT2D eigenvalue weighted by atomic mass is 10.1. The maximum absolute atomic E-state index is 13.5. The molecule has 7 heteroatoms. The Morgan fingerprint density at radius 3 is 2.96 bits per heavy atom. The van der Waals surface area contributed by atoms with Crippen molar-refractivity contribution in [3.05, 3.63) is 41.8 Å². The lowest BCUT2D eigenvalue weighted by molar-refractivity contribution is -0.131. The normalized spacial score (nSPS) is 19.4. The van der Waals surface area contributed by atoms with Crippen molar-refractivity contribution in [2.75, 3.05) is 20.1 Å². The number of hydrogen-bond acceptors (Lipinski definition) is 4. The number of aromatic nitrogens is 1. The topological polar surface area (TPSA) is 77.3 Å². The molecule has 0 spiro atoms. The first-order valence-corrected chi connectivity index (χ1v) is 8.39. The van der Waals surface area contributed by atoms with Gasteiger partial charge in [0.05, 0.1) is 24.3 Å². The highest BCUT2D eigenvalue weighted by atomic mass is 19.1. The number of fused-ring (bicyclic) bond motifs is 1. The van der Waals surface area contributed by atoms with E-state index in [9.17, 15) is 19.2 Å². The third-order valence-electron chi connectivity index (χ3n) is 4.62. The Hall–Kier alpha value is -3.01. The molecule has 0 radical (unpaired) electrons. The number of rotatable bonds is 3. The van der Waals surface area contributed by atoms with Gasteiger partial charge in [0.2, 0.25) is 5.91 Å². The Morgan fingerprint density at radius 2 is 2.23 bits per heavy atom. The summed E-state index contributed by atoms with van der Waals surface area (Å²) in [7, 11) is 1.52. The summed E-state index contributed by atoms with van der Waals surface area (Å²) in [5, 5.41) is 9.61. The molecule has 0 N–H and O–H groups in total. The Balaban J connectivity index is 1.79. The standard InChI is InChI=1S/C19H19FN4O2/c1-12-6-14(8-21)24(10-12)18(25)11-23(2)19(26)15-4-3-5-17-16(15)7-13(20)9-22-17/h3-5,7,9,12,14H,6,10-11H2,1-2H3. The summed E-state index contributed by atoms with van der Waals surface area (Å²) in [4.78, 5) is 32.1. The molecule has 1 saturated heterocycles. The molecule has 134 valence electrons. The molecule has 2 unspecified atom stereocenters. The monoisotopic (exact) mass is 354 g/mol. The van der Waals surface area contributed by atoms with Crippen LogP contribution < -0.4 is 0 Å². The van der Waals surface area contributed by atoms with Crippen LogP contribution in [0.1, 0.15) is 23.7 Å². The Labute approximate surface area is 150 Å². The molecular formula is C19H19FN4O2. The van der Waals surface area contributed by atoms with Crippen molar-refractivity contribution in [3.8, 4) is 6.07 Å². The van der Waals surface area contributed by atoms with E-state index < -0.39 is 17.8 Å². The summed E-state index contributed by atoms with van der Waals surface area (Å²) in [5.74, 6) is -0.922. The SMILES string of the molecule is CC1CC(C#N)N(C(=O)CN(C)C(=O)c2cccc3ncc(F)cc23)C1. The van der Waals surface area contributed by atoms with Gasteiger partial charge in [-0.2, -0.15) is 5.26 Å². The van der Waals surface area contributed by atoms with Crippen LogP contribution in [-0.2, 0) is 4.79 Å². The van der Waals surface area contributed by atoms with E-state index in [1.807, 2.05) is 6.92 Å². The van der Waals surface area contributed by atoms with Gasteiger partial charge in [-0.25, -0.2) is 4.39 Å². The van der Waals surface area contributed by atoms with Crippen molar-refractivity contribution >= 4 is 22.7 Å². The molecular weight excluding hydrogens is 335 g/mol. The average molecular weight is 354 g/mol. The third kappa shape index (κ3) is 3.36. The van der Waals surface area contributed by atoms with Crippen molar-refractivity contribution in [3.63, 3.8) is 0 Å². The third-order valence-corrected chi connectivity index (χ3v) is 4.62. The van der Waals surface area contributed by atoms with E-state index in [0.29, 0.717) is 23.9 Å². The first kappa shape index (κ1) is 17.8. The fourth-order valence-electron chi connectivity index (χ4n) is 3.33. The second-order valence-electron chi connectivity index (χ2n) is 6.72. The van der Waals surface area contributed by atoms with Crippen LogP contribution in [0.5, 0.6) is 0 Å². The predicted octanol–water partition coefficient (Wildman–Crippen LogP) is 2.21. The van der Waals surface area contributed by atoms with Gasteiger partial charge < -0.3 is 9.80 Å². The zero-order chi connectivity index (χ0) is 18.8. The van der Waals surface area contributed by atoms with Gasteiger partial charge in [-0.1, -0.05) is 13.0 Å². The largest absolute Gasteiger partial charge is 0.332 e. The van der Waals surface area contributed by atoms with Crippen LogP contribution in [0.15, 0.2) is 30.5 Å². The number of carbonyl (C=O) groups excluding carboxylic acids is 2. The van der Waals surface area contributed by atoms with E-state index in [2.05, 4.69) is 11.1 Å². The minimum atomic E-state index is -0.528. The molecule has 1 aromatic carbocycles. The van der Waals surface area contributed by atoms with E-state index in [1.165, 1.54) is 22.9 Å². The molecule has 2 heterocycles. The van der Waals surface area contributed by atoms with Gasteiger partial charge in [0.1, 0.15) is 11.9 Å². The summed E-state index contributed by atoms with van der Waals surface area (Å²) >= 11 is 0. The first-order valence-electron chi connectivity index (χ1n) is 8.39. The van der Waals surface area contributed by atoms with Crippen LogP contribution in [0.25, 0.3) is 10.9 Å². The van der Waals surface area contributed by atoms with Crippen LogP contribution >= 0.6 is 0 Å². The molecule has 0 bridgehead atoms. The zero-order valence-electron chi connectivity index (χ0n) is 14.6. The number of likely N-dealkylation sites (tertiary alicyclic amines) is 1. The quantitative estimate of drug-likeness (QED) is 0.847. The van der Waals surface area contributed by atoms with Crippen LogP contribution in [0.3, 0.4) is 0 Å². The molecule has 1 aliphatic heterocycles. The number of halogens is 1. The molecule has 2 amide bonds. The fraction of sp³-hybridized carbons (Fsp3) is 0.368. The number of pyridine rings is 1. The van der Waals surface area contributed by atoms with Gasteiger partial charge in [0.15, 0.2) is 0 Å². The number of nitrogens with zero attached hydrogens (tertiary/aromatic N) is 4. The number of hydrogen-bond donors (Lipinski definition) is 0. The van der Waals surface area contributed by atoms with Gasteiger partial charge in [-0.15, -0.1) is 0 Å². The maximum atomic E-state index is 13.5. The minimum Gasteiger partial charge on any atom is -0.332 e. The van der Waals surface area contributed by atoms with Crippen LogP contribution in [0, 0.1) is 23.1 Å². The number of benzene rings is 1. The molecule has 1 aliphatic rings. The number of amides is 2. The summed E-state index contributed by atoms with van der Waals surface area (Å²) < 4.78 is 13.5. The van der Waals surface area contributed by atoms with E-state index in [0.717, 1.165) is 6.20 Å². The van der Waals surface area contributed by atoms with E-state index in [1.54, 1.807) is 18.2 Å². The van der Waals surface area contributed by atoms with Crippen molar-refractivity contribution in [2.24, 2.45) is 5.92 Å². The first-order chi connectivity index (χ1) is 12.4. The predicted molar refractivity (Wildman–Crippen MR) is 93.6 cm³/mol. The second kappa shape index (κ2) is 7.08. The van der Waals surface area contributed by atoms with Crippen LogP contribution in [-0.4, -0.2) is 52.8 Å². The fourth-order valence-corrected chi connectivity index (χ4v) is 3.33. The molecule has 1 fully saturated rings. The molecule has 6 nitrogen and oxygen atoms in total. The van der Waals surface area contributed by atoms with Gasteiger partial charge in [0, 0.05) is 24.5 Å². The smallest absolute Gasteiger partial charge is 0.254 e. The molecule has 2 atom stereocenters. The van der Waals surface area contributed by atoms with Crippen molar-refractivity contribution < 1.29 is 14.0 Å². The van der Waals surface area contributed by atoms with E-state index in [-0.39, 0.29) is 23.9 Å². The number of nitriles is 1. The molecule has 0 saturated carbocycles. The van der Waals surface area contributed by atoms with Crippen LogP contribution in [0.4, 0.5) is 4.39 Å². The van der Waals surface area contributed by atoms with Crippen LogP contribution in [0.2, 0.25) is 0 Å². The van der Waals surface area contributed by atoms with E-state index >= 15 is 0 Å². The summed E-state index contributed by atoms with van der Waals surface area (Å²) in [6.45, 7) is 2.37. The molecule has 1 aromatic heterocycles. The molecule has 3 rings (SSSR count). The van der Waals surface area contributed by atoms with Gasteiger partial charge in [-0.3, -0.25) is 14.6 Å². The number of likely N-dealkylation sites (N-methyl/N-ethyl adjacent to an activating group) is 1. The zero-order valence-corrected chi connectivity index (χ0v) is 14.6. The average Bonchev–Trinajstić information content (AvgIpc) is 3.01. The summed E-state index contributed by atoms with van der Waals surface area (Å²) in [6, 6.07) is 7.91. The van der Waals surface area contributed by atoms with Crippen molar-refractivity contribution in [1.29, 1.82) is 5.26 Å². The Kier molecular flexibility index (Phi) is 4.85. The lowest BCUT2D eigenvalue weighted by Crippen LogP contribution is -2.43. The van der Waals surface area contributed by atoms with Gasteiger partial charge >= 0.3 is 0 Å². The van der Waals surface area contributed by atoms with Crippen molar-refractivity contribution in [2.45, 2.75) is 19.4 Å².